The number of rotatable bonds is 2. The van der Waals surface area contributed by atoms with Crippen LogP contribution in [0.3, 0.4) is 0 Å². The number of hydrogen-bond donors (Lipinski definition) is 0. The Morgan fingerprint density at radius 3 is 2.35 bits per heavy atom. The molecule has 1 rings (SSSR count). The molecule has 3 heteroatoms. The van der Waals surface area contributed by atoms with Crippen molar-refractivity contribution in [3.63, 3.8) is 0 Å². The fourth-order valence-corrected chi connectivity index (χ4v) is 2.84. The van der Waals surface area contributed by atoms with Crippen LogP contribution in [0.5, 0.6) is 0 Å². The van der Waals surface area contributed by atoms with Gasteiger partial charge < -0.3 is 4.74 Å². The van der Waals surface area contributed by atoms with Crippen molar-refractivity contribution in [2.75, 3.05) is 0 Å². The Morgan fingerprint density at radius 1 is 1.35 bits per heavy atom. The first-order valence-electron chi connectivity index (χ1n) is 6.48. The van der Waals surface area contributed by atoms with E-state index in [9.17, 15) is 9.59 Å². The van der Waals surface area contributed by atoms with Gasteiger partial charge in [0.15, 0.2) is 0 Å². The molecule has 0 spiro atoms. The van der Waals surface area contributed by atoms with E-state index < -0.39 is 0 Å². The Bertz CT molecular complexity index is 301. The lowest BCUT2D eigenvalue weighted by Crippen LogP contribution is -2.47. The van der Waals surface area contributed by atoms with E-state index in [0.717, 1.165) is 19.3 Å². The van der Waals surface area contributed by atoms with Gasteiger partial charge in [0.05, 0.1) is 5.92 Å². The van der Waals surface area contributed by atoms with Crippen molar-refractivity contribution < 1.29 is 14.3 Å². The maximum Gasteiger partial charge on any atom is 0.302 e. The van der Waals surface area contributed by atoms with Crippen molar-refractivity contribution in [1.29, 1.82) is 0 Å². The van der Waals surface area contributed by atoms with Crippen molar-refractivity contribution in [2.45, 2.75) is 60.0 Å². The molecule has 17 heavy (non-hydrogen) atoms. The fourth-order valence-electron chi connectivity index (χ4n) is 2.84. The molecule has 1 aliphatic rings. The maximum absolute atomic E-state index is 12.4. The summed E-state index contributed by atoms with van der Waals surface area (Å²) in [5.74, 6) is -0.0272. The molecule has 0 heterocycles. The van der Waals surface area contributed by atoms with Gasteiger partial charge in [0.25, 0.3) is 0 Å². The first kappa shape index (κ1) is 14.2. The number of esters is 1. The molecule has 3 nitrogen and oxygen atoms in total. The minimum atomic E-state index is -0.285. The third-order valence-electron chi connectivity index (χ3n) is 3.62. The summed E-state index contributed by atoms with van der Waals surface area (Å²) in [4.78, 5) is 23.5. The quantitative estimate of drug-likeness (QED) is 0.697. The number of carbonyl (C=O) groups excluding carboxylic acids is 2. The molecule has 3 atom stereocenters. The molecule has 1 aliphatic carbocycles. The molecule has 1 saturated carbocycles. The molecular weight excluding hydrogens is 216 g/mol. The molecule has 98 valence electrons. The zero-order valence-electron chi connectivity index (χ0n) is 11.6. The predicted octanol–water partition coefficient (Wildman–Crippen LogP) is 2.97. The van der Waals surface area contributed by atoms with Crippen LogP contribution in [-0.4, -0.2) is 17.9 Å². The van der Waals surface area contributed by atoms with Gasteiger partial charge in [0.2, 0.25) is 0 Å². The standard InChI is InChI=1S/C14H24O3/c1-6-10-7-8-11(17-9(2)15)12(13(10)16)14(3,4)5/h10-12H,6-8H2,1-5H3. The van der Waals surface area contributed by atoms with E-state index >= 15 is 0 Å². The highest BCUT2D eigenvalue weighted by Gasteiger charge is 2.45. The molecule has 0 aromatic rings. The van der Waals surface area contributed by atoms with Crippen molar-refractivity contribution >= 4 is 11.8 Å². The van der Waals surface area contributed by atoms with Gasteiger partial charge in [-0.1, -0.05) is 27.7 Å². The Kier molecular flexibility index (Phi) is 4.34. The number of Topliss-reactive ketones (excluding diaryl/α,β-unsaturated/α-hetero) is 1. The minimum Gasteiger partial charge on any atom is -0.462 e. The summed E-state index contributed by atoms with van der Waals surface area (Å²) in [5.41, 5.74) is -0.148. The van der Waals surface area contributed by atoms with Gasteiger partial charge in [0, 0.05) is 12.8 Å². The first-order chi connectivity index (χ1) is 7.77. The number of hydrogen-bond acceptors (Lipinski definition) is 3. The molecule has 0 aromatic heterocycles. The predicted molar refractivity (Wildman–Crippen MR) is 66.5 cm³/mol. The SMILES string of the molecule is CCC1CCC(OC(C)=O)C(C(C)(C)C)C1=O. The van der Waals surface area contributed by atoms with Gasteiger partial charge in [-0.05, 0) is 24.7 Å². The summed E-state index contributed by atoms with van der Waals surface area (Å²) in [6, 6.07) is 0. The Morgan fingerprint density at radius 2 is 1.94 bits per heavy atom. The van der Waals surface area contributed by atoms with Crippen LogP contribution in [0.2, 0.25) is 0 Å². The van der Waals surface area contributed by atoms with E-state index in [2.05, 4.69) is 6.92 Å². The van der Waals surface area contributed by atoms with Crippen molar-refractivity contribution in [2.24, 2.45) is 17.3 Å². The molecule has 3 unspecified atom stereocenters. The Labute approximate surface area is 104 Å². The maximum atomic E-state index is 12.4. The molecular formula is C14H24O3. The second-order valence-corrected chi connectivity index (χ2v) is 6.08. The lowest BCUT2D eigenvalue weighted by molar-refractivity contribution is -0.160. The third-order valence-corrected chi connectivity index (χ3v) is 3.62. The molecule has 0 saturated heterocycles. The monoisotopic (exact) mass is 240 g/mol. The minimum absolute atomic E-state index is 0.144. The van der Waals surface area contributed by atoms with Crippen molar-refractivity contribution in [3.8, 4) is 0 Å². The highest BCUT2D eigenvalue weighted by molar-refractivity contribution is 5.85. The topological polar surface area (TPSA) is 43.4 Å². The van der Waals surface area contributed by atoms with Crippen LogP contribution in [0.25, 0.3) is 0 Å². The van der Waals surface area contributed by atoms with Crippen LogP contribution in [0.15, 0.2) is 0 Å². The van der Waals surface area contributed by atoms with E-state index in [1.54, 1.807) is 0 Å². The summed E-state index contributed by atoms with van der Waals surface area (Å²) in [7, 11) is 0. The van der Waals surface area contributed by atoms with Crippen LogP contribution in [0.1, 0.15) is 53.9 Å². The average Bonchev–Trinajstić information content (AvgIpc) is 2.14. The number of ether oxygens (including phenoxy) is 1. The van der Waals surface area contributed by atoms with Crippen LogP contribution in [0, 0.1) is 17.3 Å². The zero-order chi connectivity index (χ0) is 13.2. The Hall–Kier alpha value is -0.860. The lowest BCUT2D eigenvalue weighted by Gasteiger charge is -2.41. The van der Waals surface area contributed by atoms with E-state index in [1.807, 2.05) is 20.8 Å². The highest BCUT2D eigenvalue weighted by Crippen LogP contribution is 2.40. The molecule has 0 bridgehead atoms. The van der Waals surface area contributed by atoms with Gasteiger partial charge in [-0.25, -0.2) is 0 Å². The smallest absolute Gasteiger partial charge is 0.302 e. The average molecular weight is 240 g/mol. The van der Waals surface area contributed by atoms with Crippen LogP contribution in [0.4, 0.5) is 0 Å². The third kappa shape index (κ3) is 3.30. The lowest BCUT2D eigenvalue weighted by atomic mass is 9.66. The second-order valence-electron chi connectivity index (χ2n) is 6.08. The number of carbonyl (C=O) groups is 2. The van der Waals surface area contributed by atoms with E-state index in [1.165, 1.54) is 6.92 Å². The van der Waals surface area contributed by atoms with Crippen LogP contribution in [-0.2, 0) is 14.3 Å². The number of ketones is 1. The molecule has 0 amide bonds. The molecule has 0 radical (unpaired) electrons. The van der Waals surface area contributed by atoms with Gasteiger partial charge in [0.1, 0.15) is 11.9 Å². The summed E-state index contributed by atoms with van der Waals surface area (Å²) in [6.45, 7) is 9.60. The van der Waals surface area contributed by atoms with Crippen LogP contribution >= 0.6 is 0 Å². The highest BCUT2D eigenvalue weighted by atomic mass is 16.5. The van der Waals surface area contributed by atoms with E-state index in [0.29, 0.717) is 0 Å². The largest absolute Gasteiger partial charge is 0.462 e. The molecule has 0 aromatic carbocycles. The summed E-state index contributed by atoms with van der Waals surface area (Å²) >= 11 is 0. The van der Waals surface area contributed by atoms with E-state index in [-0.39, 0.29) is 35.1 Å². The van der Waals surface area contributed by atoms with Gasteiger partial charge in [-0.3, -0.25) is 9.59 Å². The van der Waals surface area contributed by atoms with Crippen LogP contribution < -0.4 is 0 Å². The summed E-state index contributed by atoms with van der Waals surface area (Å²) in [6.07, 6.45) is 2.31. The molecule has 0 N–H and O–H groups in total. The molecule has 0 aliphatic heterocycles. The van der Waals surface area contributed by atoms with Crippen molar-refractivity contribution in [3.05, 3.63) is 0 Å². The Balaban J connectivity index is 2.92. The fraction of sp³-hybridized carbons (Fsp3) is 0.857. The zero-order valence-corrected chi connectivity index (χ0v) is 11.6. The molecule has 1 fully saturated rings. The van der Waals surface area contributed by atoms with Crippen molar-refractivity contribution in [1.82, 2.24) is 0 Å². The summed E-state index contributed by atoms with van der Waals surface area (Å²) in [5, 5.41) is 0. The van der Waals surface area contributed by atoms with Gasteiger partial charge >= 0.3 is 5.97 Å². The van der Waals surface area contributed by atoms with E-state index in [4.69, 9.17) is 4.74 Å². The van der Waals surface area contributed by atoms with Gasteiger partial charge in [-0.15, -0.1) is 0 Å². The van der Waals surface area contributed by atoms with Gasteiger partial charge in [-0.2, -0.15) is 0 Å². The second kappa shape index (κ2) is 5.19. The summed E-state index contributed by atoms with van der Waals surface area (Å²) < 4.78 is 5.33. The first-order valence-corrected chi connectivity index (χ1v) is 6.48. The normalized spacial score (nSPS) is 30.2.